The van der Waals surface area contributed by atoms with Gasteiger partial charge in [-0.1, -0.05) is 13.8 Å². The second-order valence-corrected chi connectivity index (χ2v) is 7.89. The number of esters is 2. The van der Waals surface area contributed by atoms with E-state index in [1.807, 2.05) is 6.92 Å². The lowest BCUT2D eigenvalue weighted by atomic mass is 9.91. The lowest BCUT2D eigenvalue weighted by molar-refractivity contribution is -0.165. The molecule has 0 saturated carbocycles. The van der Waals surface area contributed by atoms with Gasteiger partial charge in [0, 0.05) is 16.8 Å². The standard InChI is InChI=1S/C13H22O4S2/c1-5-13(3,4)12(15)16-6-10(14)17-11-8-18-7-9(2)19-11/h9,11H,5-8H2,1-4H3. The molecule has 0 aromatic rings. The molecule has 4 nitrogen and oxygen atoms in total. The van der Waals surface area contributed by atoms with E-state index in [0.29, 0.717) is 11.7 Å². The summed E-state index contributed by atoms with van der Waals surface area (Å²) in [7, 11) is 0. The molecule has 0 amide bonds. The zero-order valence-electron chi connectivity index (χ0n) is 11.9. The number of carbonyl (C=O) groups is 2. The van der Waals surface area contributed by atoms with Crippen molar-refractivity contribution >= 4 is 35.5 Å². The van der Waals surface area contributed by atoms with Gasteiger partial charge in [-0.05, 0) is 20.3 Å². The fourth-order valence-electron chi connectivity index (χ4n) is 1.37. The fraction of sp³-hybridized carbons (Fsp3) is 0.846. The lowest BCUT2D eigenvalue weighted by Gasteiger charge is -2.26. The summed E-state index contributed by atoms with van der Waals surface area (Å²) in [6.07, 6.45) is 0.674. The van der Waals surface area contributed by atoms with E-state index in [-0.39, 0.29) is 18.0 Å². The maximum atomic E-state index is 11.7. The van der Waals surface area contributed by atoms with E-state index in [2.05, 4.69) is 6.92 Å². The average Bonchev–Trinajstić information content (AvgIpc) is 2.35. The maximum Gasteiger partial charge on any atom is 0.345 e. The lowest BCUT2D eigenvalue weighted by Crippen LogP contribution is -2.31. The Balaban J connectivity index is 2.30. The van der Waals surface area contributed by atoms with E-state index in [1.165, 1.54) is 0 Å². The van der Waals surface area contributed by atoms with E-state index in [0.717, 1.165) is 11.5 Å². The average molecular weight is 306 g/mol. The van der Waals surface area contributed by atoms with Gasteiger partial charge in [0.05, 0.1) is 5.41 Å². The molecule has 0 bridgehead atoms. The van der Waals surface area contributed by atoms with Crippen LogP contribution in [-0.2, 0) is 19.1 Å². The topological polar surface area (TPSA) is 52.6 Å². The van der Waals surface area contributed by atoms with Crippen LogP contribution in [0.2, 0.25) is 0 Å². The van der Waals surface area contributed by atoms with Crippen LogP contribution in [0.5, 0.6) is 0 Å². The molecule has 1 aliphatic rings. The first-order valence-electron chi connectivity index (χ1n) is 6.45. The van der Waals surface area contributed by atoms with Gasteiger partial charge >= 0.3 is 11.9 Å². The maximum absolute atomic E-state index is 11.7. The highest BCUT2D eigenvalue weighted by atomic mass is 32.2. The van der Waals surface area contributed by atoms with Gasteiger partial charge in [0.1, 0.15) is 0 Å². The predicted octanol–water partition coefficient (Wildman–Crippen LogP) is 2.70. The first-order valence-corrected chi connectivity index (χ1v) is 8.55. The van der Waals surface area contributed by atoms with Crippen LogP contribution in [0.15, 0.2) is 0 Å². The Morgan fingerprint density at radius 1 is 1.32 bits per heavy atom. The van der Waals surface area contributed by atoms with Crippen LogP contribution in [0.4, 0.5) is 0 Å². The monoisotopic (exact) mass is 306 g/mol. The molecule has 0 aromatic heterocycles. The second kappa shape index (κ2) is 7.43. The normalized spacial score (nSPS) is 23.8. The van der Waals surface area contributed by atoms with Crippen LogP contribution in [0.3, 0.4) is 0 Å². The second-order valence-electron chi connectivity index (χ2n) is 5.22. The van der Waals surface area contributed by atoms with Gasteiger partial charge < -0.3 is 9.47 Å². The van der Waals surface area contributed by atoms with Gasteiger partial charge in [-0.2, -0.15) is 11.8 Å². The summed E-state index contributed by atoms with van der Waals surface area (Å²) >= 11 is 3.43. The Morgan fingerprint density at radius 2 is 2.00 bits per heavy atom. The zero-order chi connectivity index (χ0) is 14.5. The molecular weight excluding hydrogens is 284 g/mol. The first-order chi connectivity index (χ1) is 8.85. The smallest absolute Gasteiger partial charge is 0.345 e. The third-order valence-corrected chi connectivity index (χ3v) is 5.90. The van der Waals surface area contributed by atoms with E-state index in [4.69, 9.17) is 9.47 Å². The van der Waals surface area contributed by atoms with Gasteiger partial charge in [0.2, 0.25) is 0 Å². The minimum absolute atomic E-state index is 0.126. The van der Waals surface area contributed by atoms with Crippen molar-refractivity contribution in [3.63, 3.8) is 0 Å². The Morgan fingerprint density at radius 3 is 2.58 bits per heavy atom. The molecule has 2 unspecified atom stereocenters. The summed E-state index contributed by atoms with van der Waals surface area (Å²) in [5, 5.41) is 0.484. The fourth-order valence-corrected chi connectivity index (χ4v) is 3.99. The summed E-state index contributed by atoms with van der Waals surface area (Å²) in [5.41, 5.74) is -0.677. The van der Waals surface area contributed by atoms with Crippen molar-refractivity contribution in [2.75, 3.05) is 18.1 Å². The Bertz CT molecular complexity index is 331. The number of thioether (sulfide) groups is 2. The van der Waals surface area contributed by atoms with Gasteiger partial charge in [-0.15, -0.1) is 11.8 Å². The molecule has 0 aliphatic carbocycles. The van der Waals surface area contributed by atoms with Gasteiger partial charge in [-0.25, -0.2) is 4.79 Å². The third-order valence-electron chi connectivity index (χ3n) is 3.01. The molecule has 110 valence electrons. The van der Waals surface area contributed by atoms with Crippen LogP contribution in [0.25, 0.3) is 0 Å². The summed E-state index contributed by atoms with van der Waals surface area (Å²) in [6.45, 7) is 7.34. The number of carbonyl (C=O) groups excluding carboxylic acids is 2. The molecule has 1 saturated heterocycles. The highest BCUT2D eigenvalue weighted by Crippen LogP contribution is 2.30. The Hall–Kier alpha value is -0.360. The van der Waals surface area contributed by atoms with Crippen molar-refractivity contribution in [2.24, 2.45) is 5.41 Å². The molecule has 1 aliphatic heterocycles. The van der Waals surface area contributed by atoms with Crippen molar-refractivity contribution < 1.29 is 19.1 Å². The van der Waals surface area contributed by atoms with Crippen molar-refractivity contribution in [2.45, 2.75) is 44.8 Å². The quantitative estimate of drug-likeness (QED) is 0.728. The first kappa shape index (κ1) is 16.7. The van der Waals surface area contributed by atoms with Gasteiger partial charge in [0.15, 0.2) is 12.0 Å². The molecule has 6 heteroatoms. The molecule has 0 spiro atoms. The largest absolute Gasteiger partial charge is 0.453 e. The molecule has 1 rings (SSSR count). The molecule has 2 atom stereocenters. The molecular formula is C13H22O4S2. The number of ether oxygens (including phenoxy) is 2. The summed E-state index contributed by atoms with van der Waals surface area (Å²) in [6, 6.07) is 0. The molecule has 0 radical (unpaired) electrons. The number of hydrogen-bond donors (Lipinski definition) is 0. The summed E-state index contributed by atoms with van der Waals surface area (Å²) < 4.78 is 10.3. The van der Waals surface area contributed by atoms with Crippen LogP contribution >= 0.6 is 23.5 Å². The molecule has 0 aromatic carbocycles. The SMILES string of the molecule is CCC(C)(C)C(=O)OCC(=O)OC1CSCC(C)S1. The van der Waals surface area contributed by atoms with Crippen molar-refractivity contribution in [1.82, 2.24) is 0 Å². The molecule has 1 heterocycles. The highest BCUT2D eigenvalue weighted by molar-refractivity contribution is 8.07. The zero-order valence-corrected chi connectivity index (χ0v) is 13.6. The van der Waals surface area contributed by atoms with E-state index in [1.54, 1.807) is 37.4 Å². The molecule has 1 fully saturated rings. The predicted molar refractivity (Wildman–Crippen MR) is 79.3 cm³/mol. The summed E-state index contributed by atoms with van der Waals surface area (Å²) in [5.74, 6) is 1.06. The molecule has 19 heavy (non-hydrogen) atoms. The van der Waals surface area contributed by atoms with E-state index >= 15 is 0 Å². The van der Waals surface area contributed by atoms with Crippen molar-refractivity contribution in [3.8, 4) is 0 Å². The van der Waals surface area contributed by atoms with E-state index < -0.39 is 11.4 Å². The molecule has 0 N–H and O–H groups in total. The van der Waals surface area contributed by atoms with Crippen molar-refractivity contribution in [3.05, 3.63) is 0 Å². The Kier molecular flexibility index (Phi) is 6.53. The van der Waals surface area contributed by atoms with Crippen LogP contribution in [0.1, 0.15) is 34.1 Å². The summed E-state index contributed by atoms with van der Waals surface area (Å²) in [4.78, 5) is 23.3. The number of rotatable bonds is 5. The van der Waals surface area contributed by atoms with E-state index in [9.17, 15) is 9.59 Å². The van der Waals surface area contributed by atoms with Crippen LogP contribution in [-0.4, -0.2) is 40.7 Å². The minimum Gasteiger partial charge on any atom is -0.453 e. The van der Waals surface area contributed by atoms with Gasteiger partial charge in [0.25, 0.3) is 0 Å². The minimum atomic E-state index is -0.551. The number of hydrogen-bond acceptors (Lipinski definition) is 6. The highest BCUT2D eigenvalue weighted by Gasteiger charge is 2.29. The van der Waals surface area contributed by atoms with Crippen LogP contribution in [0, 0.1) is 5.41 Å². The third kappa shape index (κ3) is 5.65. The van der Waals surface area contributed by atoms with Gasteiger partial charge in [-0.3, -0.25) is 4.79 Å². The van der Waals surface area contributed by atoms with Crippen LogP contribution < -0.4 is 0 Å². The van der Waals surface area contributed by atoms with Crippen molar-refractivity contribution in [1.29, 1.82) is 0 Å². The Labute approximate surface area is 123 Å².